The van der Waals surface area contributed by atoms with Crippen LogP contribution in [0.15, 0.2) is 0 Å². The average molecular weight is 196 g/mol. The number of methoxy groups -OCH3 is 1. The summed E-state index contributed by atoms with van der Waals surface area (Å²) in [7, 11) is 1.72. The minimum Gasteiger partial charge on any atom is -0.383 e. The second kappa shape index (κ2) is 6.00. The fourth-order valence-electron chi connectivity index (χ4n) is 2.30. The maximum Gasteiger partial charge on any atom is 0.0871 e. The molecule has 0 saturated heterocycles. The summed E-state index contributed by atoms with van der Waals surface area (Å²) in [5, 5.41) is 8.78. The van der Waals surface area contributed by atoms with Crippen molar-refractivity contribution in [2.24, 2.45) is 0 Å². The number of hydrogen-bond acceptors (Lipinski definition) is 3. The van der Waals surface area contributed by atoms with Crippen LogP contribution in [0, 0.1) is 11.3 Å². The SMILES string of the molecule is COCC(C)N(CC#N)C1CCCC1. The van der Waals surface area contributed by atoms with E-state index in [9.17, 15) is 0 Å². The first-order chi connectivity index (χ1) is 6.79. The van der Waals surface area contributed by atoms with Crippen molar-refractivity contribution in [3.05, 3.63) is 0 Å². The van der Waals surface area contributed by atoms with E-state index in [0.717, 1.165) is 6.61 Å². The van der Waals surface area contributed by atoms with Crippen LogP contribution in [0.4, 0.5) is 0 Å². The Morgan fingerprint density at radius 3 is 2.64 bits per heavy atom. The average Bonchev–Trinajstić information content (AvgIpc) is 2.67. The van der Waals surface area contributed by atoms with E-state index in [1.807, 2.05) is 0 Å². The summed E-state index contributed by atoms with van der Waals surface area (Å²) in [6.45, 7) is 3.40. The van der Waals surface area contributed by atoms with Gasteiger partial charge in [-0.05, 0) is 19.8 Å². The van der Waals surface area contributed by atoms with Gasteiger partial charge in [-0.1, -0.05) is 12.8 Å². The highest BCUT2D eigenvalue weighted by atomic mass is 16.5. The molecular weight excluding hydrogens is 176 g/mol. The molecule has 80 valence electrons. The zero-order valence-electron chi connectivity index (χ0n) is 9.20. The van der Waals surface area contributed by atoms with Gasteiger partial charge in [0.1, 0.15) is 0 Å². The first-order valence-corrected chi connectivity index (χ1v) is 5.41. The van der Waals surface area contributed by atoms with Crippen molar-refractivity contribution in [3.63, 3.8) is 0 Å². The van der Waals surface area contributed by atoms with Crippen molar-refractivity contribution in [3.8, 4) is 6.07 Å². The molecule has 0 aromatic heterocycles. The van der Waals surface area contributed by atoms with Gasteiger partial charge in [0, 0.05) is 19.2 Å². The molecule has 1 fully saturated rings. The molecule has 1 aliphatic carbocycles. The highest BCUT2D eigenvalue weighted by Gasteiger charge is 2.25. The number of nitriles is 1. The topological polar surface area (TPSA) is 36.3 Å². The van der Waals surface area contributed by atoms with Gasteiger partial charge in [0.2, 0.25) is 0 Å². The molecule has 0 bridgehead atoms. The molecule has 0 amide bonds. The van der Waals surface area contributed by atoms with Crippen LogP contribution in [0.3, 0.4) is 0 Å². The first kappa shape index (κ1) is 11.5. The summed E-state index contributed by atoms with van der Waals surface area (Å²) < 4.78 is 5.14. The van der Waals surface area contributed by atoms with Crippen molar-refractivity contribution in [2.75, 3.05) is 20.3 Å². The van der Waals surface area contributed by atoms with E-state index < -0.39 is 0 Å². The van der Waals surface area contributed by atoms with Crippen LogP contribution in [0.1, 0.15) is 32.6 Å². The molecule has 1 aliphatic rings. The molecule has 0 heterocycles. The van der Waals surface area contributed by atoms with Crippen LogP contribution in [-0.4, -0.2) is 37.2 Å². The summed E-state index contributed by atoms with van der Waals surface area (Å²) in [5.74, 6) is 0. The minimum absolute atomic E-state index is 0.364. The molecule has 1 rings (SSSR count). The second-order valence-electron chi connectivity index (χ2n) is 4.07. The molecule has 0 aromatic rings. The lowest BCUT2D eigenvalue weighted by Crippen LogP contribution is -2.42. The summed E-state index contributed by atoms with van der Waals surface area (Å²) in [6.07, 6.45) is 5.12. The van der Waals surface area contributed by atoms with Crippen molar-refractivity contribution in [2.45, 2.75) is 44.7 Å². The normalized spacial score (nSPS) is 19.9. The predicted octanol–water partition coefficient (Wildman–Crippen LogP) is 1.79. The number of hydrogen-bond donors (Lipinski definition) is 0. The van der Waals surface area contributed by atoms with E-state index in [4.69, 9.17) is 10.00 Å². The molecule has 0 aliphatic heterocycles. The third-order valence-electron chi connectivity index (χ3n) is 3.02. The van der Waals surface area contributed by atoms with E-state index in [0.29, 0.717) is 18.6 Å². The lowest BCUT2D eigenvalue weighted by atomic mass is 10.1. The Morgan fingerprint density at radius 2 is 2.14 bits per heavy atom. The fraction of sp³-hybridized carbons (Fsp3) is 0.909. The highest BCUT2D eigenvalue weighted by molar-refractivity contribution is 4.87. The Balaban J connectivity index is 2.48. The predicted molar refractivity (Wildman–Crippen MR) is 55.9 cm³/mol. The molecular formula is C11H20N2O. The van der Waals surface area contributed by atoms with Crippen LogP contribution in [0.2, 0.25) is 0 Å². The van der Waals surface area contributed by atoms with E-state index in [1.165, 1.54) is 25.7 Å². The quantitative estimate of drug-likeness (QED) is 0.629. The summed E-state index contributed by atoms with van der Waals surface area (Å²) in [5.41, 5.74) is 0. The zero-order chi connectivity index (χ0) is 10.4. The Labute approximate surface area is 86.6 Å². The maximum absolute atomic E-state index is 8.78. The first-order valence-electron chi connectivity index (χ1n) is 5.41. The number of nitrogens with zero attached hydrogens (tertiary/aromatic N) is 2. The van der Waals surface area contributed by atoms with Crippen LogP contribution < -0.4 is 0 Å². The Kier molecular flexibility index (Phi) is 4.92. The molecule has 1 saturated carbocycles. The van der Waals surface area contributed by atoms with Gasteiger partial charge in [0.25, 0.3) is 0 Å². The Bertz CT molecular complexity index is 194. The molecule has 0 spiro atoms. The van der Waals surface area contributed by atoms with Gasteiger partial charge in [-0.25, -0.2) is 0 Å². The molecule has 0 aromatic carbocycles. The van der Waals surface area contributed by atoms with Gasteiger partial charge in [0.05, 0.1) is 19.2 Å². The fourth-order valence-corrected chi connectivity index (χ4v) is 2.30. The smallest absolute Gasteiger partial charge is 0.0871 e. The molecule has 1 unspecified atom stereocenters. The van der Waals surface area contributed by atoms with Gasteiger partial charge < -0.3 is 4.74 Å². The maximum atomic E-state index is 8.78. The van der Waals surface area contributed by atoms with Gasteiger partial charge in [0.15, 0.2) is 0 Å². The zero-order valence-corrected chi connectivity index (χ0v) is 9.20. The molecule has 0 radical (unpaired) electrons. The van der Waals surface area contributed by atoms with Crippen molar-refractivity contribution in [1.82, 2.24) is 4.90 Å². The summed E-state index contributed by atoms with van der Waals surface area (Å²) in [4.78, 5) is 2.29. The van der Waals surface area contributed by atoms with Gasteiger partial charge in [-0.3, -0.25) is 4.90 Å². The lowest BCUT2D eigenvalue weighted by molar-refractivity contribution is 0.0808. The number of ether oxygens (including phenoxy) is 1. The molecule has 14 heavy (non-hydrogen) atoms. The third-order valence-corrected chi connectivity index (χ3v) is 3.02. The van der Waals surface area contributed by atoms with E-state index in [1.54, 1.807) is 7.11 Å². The van der Waals surface area contributed by atoms with Crippen LogP contribution in [0.5, 0.6) is 0 Å². The number of rotatable bonds is 5. The largest absolute Gasteiger partial charge is 0.383 e. The van der Waals surface area contributed by atoms with Crippen molar-refractivity contribution < 1.29 is 4.74 Å². The Morgan fingerprint density at radius 1 is 1.50 bits per heavy atom. The molecule has 1 atom stereocenters. The molecule has 0 N–H and O–H groups in total. The van der Waals surface area contributed by atoms with E-state index in [-0.39, 0.29) is 0 Å². The highest BCUT2D eigenvalue weighted by Crippen LogP contribution is 2.24. The van der Waals surface area contributed by atoms with E-state index in [2.05, 4.69) is 17.9 Å². The second-order valence-corrected chi connectivity index (χ2v) is 4.07. The minimum atomic E-state index is 0.364. The third kappa shape index (κ3) is 2.97. The Hall–Kier alpha value is -0.590. The van der Waals surface area contributed by atoms with Crippen LogP contribution in [0.25, 0.3) is 0 Å². The molecule has 3 heteroatoms. The van der Waals surface area contributed by atoms with Gasteiger partial charge >= 0.3 is 0 Å². The van der Waals surface area contributed by atoms with Crippen molar-refractivity contribution in [1.29, 1.82) is 5.26 Å². The summed E-state index contributed by atoms with van der Waals surface area (Å²) >= 11 is 0. The summed E-state index contributed by atoms with van der Waals surface area (Å²) in [6, 6.07) is 3.23. The standard InChI is InChI=1S/C11H20N2O/c1-10(9-14-2)13(8-7-12)11-5-3-4-6-11/h10-11H,3-6,8-9H2,1-2H3. The van der Waals surface area contributed by atoms with Gasteiger partial charge in [-0.15, -0.1) is 0 Å². The van der Waals surface area contributed by atoms with E-state index >= 15 is 0 Å². The van der Waals surface area contributed by atoms with Gasteiger partial charge in [-0.2, -0.15) is 5.26 Å². The molecule has 3 nitrogen and oxygen atoms in total. The van der Waals surface area contributed by atoms with Crippen molar-refractivity contribution >= 4 is 0 Å². The van der Waals surface area contributed by atoms with Crippen LogP contribution in [-0.2, 0) is 4.74 Å². The lowest BCUT2D eigenvalue weighted by Gasteiger charge is -2.31. The van der Waals surface area contributed by atoms with Crippen LogP contribution >= 0.6 is 0 Å². The monoisotopic (exact) mass is 196 g/mol.